The van der Waals surface area contributed by atoms with Crippen molar-refractivity contribution in [2.75, 3.05) is 19.6 Å². The first-order chi connectivity index (χ1) is 8.85. The second-order valence-electron chi connectivity index (χ2n) is 5.01. The average Bonchev–Trinajstić information content (AvgIpc) is 2.82. The van der Waals surface area contributed by atoms with Gasteiger partial charge in [-0.3, -0.25) is 9.30 Å². The zero-order chi connectivity index (χ0) is 12.4. The zero-order valence-electron chi connectivity index (χ0n) is 10.9. The Kier molecular flexibility index (Phi) is 4.74. The van der Waals surface area contributed by atoms with E-state index in [4.69, 9.17) is 5.73 Å². The Balaban J connectivity index is 0.00000133. The molecule has 2 aromatic heterocycles. The molecule has 104 valence electrons. The largest absolute Gasteiger partial charge is 0.330 e. The van der Waals surface area contributed by atoms with Crippen LogP contribution in [0.3, 0.4) is 0 Å². The number of nitrogens with two attached hydrogens (primary N) is 1. The number of likely N-dealkylation sites (tertiary alicyclic amines) is 1. The Hall–Kier alpha value is -1.17. The van der Waals surface area contributed by atoms with Gasteiger partial charge in [0, 0.05) is 25.1 Å². The fourth-order valence-electron chi connectivity index (χ4n) is 2.57. The fraction of sp³-hybridized carbons (Fsp3) is 0.538. The summed E-state index contributed by atoms with van der Waals surface area (Å²) in [4.78, 5) is 11.2. The Morgan fingerprint density at radius 2 is 2.11 bits per heavy atom. The Labute approximate surface area is 119 Å². The smallest absolute Gasteiger partial charge is 0.233 e. The van der Waals surface area contributed by atoms with Crippen LogP contribution in [0, 0.1) is 5.92 Å². The van der Waals surface area contributed by atoms with E-state index in [2.05, 4.69) is 21.1 Å². The van der Waals surface area contributed by atoms with Gasteiger partial charge in [-0.25, -0.2) is 9.97 Å². The fourth-order valence-corrected chi connectivity index (χ4v) is 2.57. The molecule has 0 radical (unpaired) electrons. The molecule has 0 amide bonds. The van der Waals surface area contributed by atoms with Crippen LogP contribution < -0.4 is 5.73 Å². The zero-order valence-corrected chi connectivity index (χ0v) is 11.7. The molecule has 3 heterocycles. The van der Waals surface area contributed by atoms with Crippen LogP contribution in [0.4, 0.5) is 0 Å². The van der Waals surface area contributed by atoms with E-state index in [1.54, 1.807) is 6.20 Å². The molecule has 1 fully saturated rings. The van der Waals surface area contributed by atoms with Gasteiger partial charge >= 0.3 is 0 Å². The standard InChI is InChI=1S/C13H19N5.ClH/c14-8-11-2-6-17(7-3-11)9-12-10-18-5-1-4-15-13(18)16-12;/h1,4-5,10-11H,2-3,6-9,14H2;1H. The van der Waals surface area contributed by atoms with Gasteiger partial charge in [-0.1, -0.05) is 0 Å². The van der Waals surface area contributed by atoms with Crippen molar-refractivity contribution in [3.63, 3.8) is 0 Å². The molecule has 0 unspecified atom stereocenters. The summed E-state index contributed by atoms with van der Waals surface area (Å²) in [6.07, 6.45) is 8.25. The first-order valence-electron chi connectivity index (χ1n) is 6.56. The number of fused-ring (bicyclic) bond motifs is 1. The number of hydrogen-bond donors (Lipinski definition) is 1. The van der Waals surface area contributed by atoms with Gasteiger partial charge in [0.05, 0.1) is 5.69 Å². The lowest BCUT2D eigenvalue weighted by atomic mass is 9.97. The molecule has 0 bridgehead atoms. The monoisotopic (exact) mass is 281 g/mol. The van der Waals surface area contributed by atoms with E-state index in [1.165, 1.54) is 12.8 Å². The van der Waals surface area contributed by atoms with Crippen molar-refractivity contribution >= 4 is 18.2 Å². The van der Waals surface area contributed by atoms with Crippen LogP contribution in [-0.2, 0) is 6.54 Å². The highest BCUT2D eigenvalue weighted by Gasteiger charge is 2.18. The van der Waals surface area contributed by atoms with Crippen molar-refractivity contribution in [3.05, 3.63) is 30.4 Å². The first kappa shape index (κ1) is 14.2. The minimum Gasteiger partial charge on any atom is -0.330 e. The van der Waals surface area contributed by atoms with E-state index < -0.39 is 0 Å². The van der Waals surface area contributed by atoms with Crippen molar-refractivity contribution in [1.82, 2.24) is 19.3 Å². The van der Waals surface area contributed by atoms with Crippen LogP contribution in [0.15, 0.2) is 24.7 Å². The molecule has 19 heavy (non-hydrogen) atoms. The van der Waals surface area contributed by atoms with Gasteiger partial charge < -0.3 is 5.73 Å². The second-order valence-corrected chi connectivity index (χ2v) is 5.01. The summed E-state index contributed by atoms with van der Waals surface area (Å²) in [7, 11) is 0. The van der Waals surface area contributed by atoms with Crippen LogP contribution >= 0.6 is 12.4 Å². The van der Waals surface area contributed by atoms with E-state index >= 15 is 0 Å². The summed E-state index contributed by atoms with van der Waals surface area (Å²) in [5, 5.41) is 0. The van der Waals surface area contributed by atoms with Crippen LogP contribution in [0.25, 0.3) is 5.78 Å². The quantitative estimate of drug-likeness (QED) is 0.922. The molecule has 0 aliphatic carbocycles. The summed E-state index contributed by atoms with van der Waals surface area (Å²) < 4.78 is 1.97. The summed E-state index contributed by atoms with van der Waals surface area (Å²) in [6.45, 7) is 4.00. The molecule has 0 saturated carbocycles. The minimum absolute atomic E-state index is 0. The average molecular weight is 282 g/mol. The van der Waals surface area contributed by atoms with Gasteiger partial charge in [0.15, 0.2) is 0 Å². The van der Waals surface area contributed by atoms with Crippen molar-refractivity contribution in [2.24, 2.45) is 11.7 Å². The lowest BCUT2D eigenvalue weighted by Crippen LogP contribution is -2.35. The molecule has 1 saturated heterocycles. The van der Waals surface area contributed by atoms with E-state index in [0.29, 0.717) is 5.92 Å². The van der Waals surface area contributed by atoms with E-state index in [0.717, 1.165) is 37.7 Å². The van der Waals surface area contributed by atoms with Crippen LogP contribution in [0.2, 0.25) is 0 Å². The van der Waals surface area contributed by atoms with Crippen molar-refractivity contribution in [1.29, 1.82) is 0 Å². The van der Waals surface area contributed by atoms with Crippen LogP contribution in [0.1, 0.15) is 18.5 Å². The van der Waals surface area contributed by atoms with Crippen LogP contribution in [0.5, 0.6) is 0 Å². The Bertz CT molecular complexity index is 485. The summed E-state index contributed by atoms with van der Waals surface area (Å²) in [6, 6.07) is 1.92. The SMILES string of the molecule is Cl.NCC1CCN(Cc2cn3cccnc3n2)CC1. The lowest BCUT2D eigenvalue weighted by molar-refractivity contribution is 0.179. The third kappa shape index (κ3) is 3.23. The molecule has 0 spiro atoms. The number of imidazole rings is 1. The van der Waals surface area contributed by atoms with Gasteiger partial charge in [-0.05, 0) is 44.5 Å². The molecule has 1 aliphatic heterocycles. The highest BCUT2D eigenvalue weighted by atomic mass is 35.5. The van der Waals surface area contributed by atoms with E-state index in [9.17, 15) is 0 Å². The maximum atomic E-state index is 5.71. The molecule has 3 rings (SSSR count). The number of piperidine rings is 1. The molecule has 5 nitrogen and oxygen atoms in total. The topological polar surface area (TPSA) is 59.5 Å². The first-order valence-corrected chi connectivity index (χ1v) is 6.56. The number of halogens is 1. The van der Waals surface area contributed by atoms with E-state index in [1.807, 2.05) is 16.7 Å². The van der Waals surface area contributed by atoms with Gasteiger partial charge in [0.25, 0.3) is 0 Å². The maximum Gasteiger partial charge on any atom is 0.233 e. The minimum atomic E-state index is 0. The second kappa shape index (κ2) is 6.32. The van der Waals surface area contributed by atoms with Crippen LogP contribution in [-0.4, -0.2) is 38.9 Å². The number of hydrogen-bond acceptors (Lipinski definition) is 4. The number of rotatable bonds is 3. The summed E-state index contributed by atoms with van der Waals surface area (Å²) in [5.41, 5.74) is 6.81. The lowest BCUT2D eigenvalue weighted by Gasteiger charge is -2.30. The molecule has 2 aromatic rings. The number of aromatic nitrogens is 3. The molecule has 0 atom stereocenters. The highest BCUT2D eigenvalue weighted by Crippen LogP contribution is 2.17. The third-order valence-electron chi connectivity index (χ3n) is 3.71. The Morgan fingerprint density at radius 3 is 2.79 bits per heavy atom. The highest BCUT2D eigenvalue weighted by molar-refractivity contribution is 5.85. The molecule has 1 aliphatic rings. The normalized spacial score (nSPS) is 17.5. The molecule has 6 heteroatoms. The third-order valence-corrected chi connectivity index (χ3v) is 3.71. The molecule has 0 aromatic carbocycles. The Morgan fingerprint density at radius 1 is 1.32 bits per heavy atom. The number of nitrogens with zero attached hydrogens (tertiary/aromatic N) is 4. The van der Waals surface area contributed by atoms with Crippen molar-refractivity contribution in [2.45, 2.75) is 19.4 Å². The molecule has 2 N–H and O–H groups in total. The van der Waals surface area contributed by atoms with E-state index in [-0.39, 0.29) is 12.4 Å². The predicted octanol–water partition coefficient (Wildman–Crippen LogP) is 1.32. The van der Waals surface area contributed by atoms with Gasteiger partial charge in [-0.15, -0.1) is 12.4 Å². The van der Waals surface area contributed by atoms with Crippen molar-refractivity contribution in [3.8, 4) is 0 Å². The molecular formula is C13H20ClN5. The van der Waals surface area contributed by atoms with Gasteiger partial charge in [-0.2, -0.15) is 0 Å². The molecular weight excluding hydrogens is 262 g/mol. The maximum absolute atomic E-state index is 5.71. The van der Waals surface area contributed by atoms with Gasteiger partial charge in [0.2, 0.25) is 5.78 Å². The summed E-state index contributed by atoms with van der Waals surface area (Å²) in [5.74, 6) is 1.49. The predicted molar refractivity (Wildman–Crippen MR) is 77.3 cm³/mol. The van der Waals surface area contributed by atoms with Crippen molar-refractivity contribution < 1.29 is 0 Å². The van der Waals surface area contributed by atoms with Gasteiger partial charge in [0.1, 0.15) is 0 Å². The summed E-state index contributed by atoms with van der Waals surface area (Å²) >= 11 is 0.